The van der Waals surface area contributed by atoms with E-state index in [4.69, 9.17) is 17.3 Å². The van der Waals surface area contributed by atoms with Crippen LogP contribution >= 0.6 is 11.6 Å². The molecule has 96 valence electrons. The molecule has 0 atom stereocenters. The molecule has 3 rings (SSSR count). The first-order chi connectivity index (χ1) is 9.15. The monoisotopic (exact) mass is 274 g/mol. The standard InChI is InChI=1S/C15H12ClFN2/c16-12-8-10(4-5-13(12)17)9-19-7-6-11-2-1-3-14(18)15(11)19/h1-8H,9,18H2. The number of halogens is 2. The third kappa shape index (κ3) is 2.17. The average Bonchev–Trinajstić information content (AvgIpc) is 2.79. The molecule has 0 unspecified atom stereocenters. The lowest BCUT2D eigenvalue weighted by atomic mass is 10.2. The Kier molecular flexibility index (Phi) is 2.91. The molecule has 2 N–H and O–H groups in total. The summed E-state index contributed by atoms with van der Waals surface area (Å²) in [5.74, 6) is -0.401. The third-order valence-corrected chi connectivity index (χ3v) is 3.45. The molecule has 2 nitrogen and oxygen atoms in total. The molecule has 19 heavy (non-hydrogen) atoms. The summed E-state index contributed by atoms with van der Waals surface area (Å²) >= 11 is 5.79. The quantitative estimate of drug-likeness (QED) is 0.702. The Morgan fingerprint density at radius 3 is 2.79 bits per heavy atom. The van der Waals surface area contributed by atoms with Crippen molar-refractivity contribution in [1.82, 2.24) is 4.57 Å². The first-order valence-electron chi connectivity index (χ1n) is 5.92. The fourth-order valence-electron chi connectivity index (χ4n) is 2.26. The van der Waals surface area contributed by atoms with Crippen LogP contribution in [0.3, 0.4) is 0 Å². The van der Waals surface area contributed by atoms with Crippen LogP contribution in [0, 0.1) is 5.82 Å². The van der Waals surface area contributed by atoms with Crippen molar-refractivity contribution in [2.75, 3.05) is 5.73 Å². The van der Waals surface area contributed by atoms with Gasteiger partial charge in [-0.2, -0.15) is 0 Å². The zero-order chi connectivity index (χ0) is 13.4. The number of hydrogen-bond donors (Lipinski definition) is 1. The number of nitrogen functional groups attached to an aromatic ring is 1. The van der Waals surface area contributed by atoms with Gasteiger partial charge in [-0.25, -0.2) is 4.39 Å². The predicted octanol–water partition coefficient (Wildman–Crippen LogP) is 4.06. The van der Waals surface area contributed by atoms with Gasteiger partial charge < -0.3 is 10.3 Å². The van der Waals surface area contributed by atoms with Crippen molar-refractivity contribution >= 4 is 28.2 Å². The molecule has 1 heterocycles. The van der Waals surface area contributed by atoms with Crippen molar-refractivity contribution in [3.8, 4) is 0 Å². The minimum absolute atomic E-state index is 0.141. The first kappa shape index (κ1) is 12.1. The van der Waals surface area contributed by atoms with Crippen molar-refractivity contribution in [3.63, 3.8) is 0 Å². The SMILES string of the molecule is Nc1cccc2ccn(Cc3ccc(F)c(Cl)c3)c12. The highest BCUT2D eigenvalue weighted by molar-refractivity contribution is 6.30. The fourth-order valence-corrected chi connectivity index (χ4v) is 2.46. The van der Waals surface area contributed by atoms with E-state index in [1.54, 1.807) is 12.1 Å². The van der Waals surface area contributed by atoms with Crippen LogP contribution in [-0.4, -0.2) is 4.57 Å². The van der Waals surface area contributed by atoms with E-state index < -0.39 is 5.82 Å². The number of fused-ring (bicyclic) bond motifs is 1. The van der Waals surface area contributed by atoms with Gasteiger partial charge in [0.05, 0.1) is 16.2 Å². The predicted molar refractivity (Wildman–Crippen MR) is 76.9 cm³/mol. The maximum absolute atomic E-state index is 13.1. The lowest BCUT2D eigenvalue weighted by Gasteiger charge is -2.08. The molecule has 3 aromatic rings. The molecule has 0 aliphatic rings. The Morgan fingerprint density at radius 2 is 2.00 bits per heavy atom. The largest absolute Gasteiger partial charge is 0.397 e. The van der Waals surface area contributed by atoms with E-state index >= 15 is 0 Å². The fraction of sp³-hybridized carbons (Fsp3) is 0.0667. The first-order valence-corrected chi connectivity index (χ1v) is 6.30. The highest BCUT2D eigenvalue weighted by atomic mass is 35.5. The van der Waals surface area contributed by atoms with Gasteiger partial charge in [0.15, 0.2) is 0 Å². The Morgan fingerprint density at radius 1 is 1.16 bits per heavy atom. The van der Waals surface area contributed by atoms with Crippen LogP contribution in [0.25, 0.3) is 10.9 Å². The van der Waals surface area contributed by atoms with E-state index in [-0.39, 0.29) is 5.02 Å². The van der Waals surface area contributed by atoms with Gasteiger partial charge in [0.1, 0.15) is 5.82 Å². The topological polar surface area (TPSA) is 30.9 Å². The summed E-state index contributed by atoms with van der Waals surface area (Å²) in [6, 6.07) is 12.6. The summed E-state index contributed by atoms with van der Waals surface area (Å²) in [6.45, 7) is 0.609. The zero-order valence-electron chi connectivity index (χ0n) is 10.1. The molecule has 0 saturated heterocycles. The summed E-state index contributed by atoms with van der Waals surface area (Å²) in [5.41, 5.74) is 8.66. The normalized spacial score (nSPS) is 11.1. The molecule has 4 heteroatoms. The van der Waals surface area contributed by atoms with Gasteiger partial charge in [-0.3, -0.25) is 0 Å². The van der Waals surface area contributed by atoms with Gasteiger partial charge in [-0.05, 0) is 29.8 Å². The molecule has 2 aromatic carbocycles. The Balaban J connectivity index is 2.03. The van der Waals surface area contributed by atoms with E-state index in [2.05, 4.69) is 0 Å². The number of benzene rings is 2. The molecule has 0 spiro atoms. The molecular weight excluding hydrogens is 263 g/mol. The number of para-hydroxylation sites is 1. The maximum atomic E-state index is 13.1. The average molecular weight is 275 g/mol. The van der Waals surface area contributed by atoms with Gasteiger partial charge in [0, 0.05) is 18.1 Å². The summed E-state index contributed by atoms with van der Waals surface area (Å²) in [7, 11) is 0. The van der Waals surface area contributed by atoms with Crippen LogP contribution in [0.2, 0.25) is 5.02 Å². The van der Waals surface area contributed by atoms with E-state index in [1.807, 2.05) is 35.0 Å². The Bertz CT molecular complexity index is 749. The summed E-state index contributed by atoms with van der Waals surface area (Å²) in [6.07, 6.45) is 1.97. The van der Waals surface area contributed by atoms with E-state index in [0.717, 1.165) is 22.2 Å². The van der Waals surface area contributed by atoms with Crippen molar-refractivity contribution in [2.45, 2.75) is 6.54 Å². The molecule has 0 aliphatic heterocycles. The highest BCUT2D eigenvalue weighted by Gasteiger charge is 2.06. The summed E-state index contributed by atoms with van der Waals surface area (Å²) in [5, 5.41) is 1.23. The summed E-state index contributed by atoms with van der Waals surface area (Å²) in [4.78, 5) is 0. The molecule has 0 amide bonds. The molecule has 0 bridgehead atoms. The van der Waals surface area contributed by atoms with E-state index in [1.165, 1.54) is 6.07 Å². The van der Waals surface area contributed by atoms with Crippen LogP contribution in [0.5, 0.6) is 0 Å². The van der Waals surface area contributed by atoms with Crippen LogP contribution < -0.4 is 5.73 Å². The van der Waals surface area contributed by atoms with Gasteiger partial charge in [0.2, 0.25) is 0 Å². The van der Waals surface area contributed by atoms with Crippen molar-refractivity contribution in [1.29, 1.82) is 0 Å². The Labute approximate surface area is 115 Å². The molecule has 1 aromatic heterocycles. The third-order valence-electron chi connectivity index (χ3n) is 3.16. The lowest BCUT2D eigenvalue weighted by Crippen LogP contribution is -2.00. The van der Waals surface area contributed by atoms with Crippen LogP contribution in [-0.2, 0) is 6.54 Å². The lowest BCUT2D eigenvalue weighted by molar-refractivity contribution is 0.627. The van der Waals surface area contributed by atoms with Gasteiger partial charge in [0.25, 0.3) is 0 Å². The van der Waals surface area contributed by atoms with Crippen LogP contribution in [0.4, 0.5) is 10.1 Å². The zero-order valence-corrected chi connectivity index (χ0v) is 10.9. The second-order valence-electron chi connectivity index (χ2n) is 4.48. The molecule has 0 saturated carbocycles. The molecular formula is C15H12ClFN2. The van der Waals surface area contributed by atoms with Crippen molar-refractivity contribution in [2.24, 2.45) is 0 Å². The number of nitrogens with zero attached hydrogens (tertiary/aromatic N) is 1. The van der Waals surface area contributed by atoms with E-state index in [0.29, 0.717) is 6.54 Å². The van der Waals surface area contributed by atoms with Crippen molar-refractivity contribution in [3.05, 3.63) is 65.1 Å². The number of anilines is 1. The second-order valence-corrected chi connectivity index (χ2v) is 4.88. The number of rotatable bonds is 2. The van der Waals surface area contributed by atoms with Gasteiger partial charge >= 0.3 is 0 Å². The number of hydrogen-bond acceptors (Lipinski definition) is 1. The van der Waals surface area contributed by atoms with Crippen LogP contribution in [0.1, 0.15) is 5.56 Å². The van der Waals surface area contributed by atoms with E-state index in [9.17, 15) is 4.39 Å². The minimum atomic E-state index is -0.401. The smallest absolute Gasteiger partial charge is 0.141 e. The highest BCUT2D eigenvalue weighted by Crippen LogP contribution is 2.24. The van der Waals surface area contributed by atoms with Gasteiger partial charge in [-0.1, -0.05) is 29.8 Å². The molecule has 0 aliphatic carbocycles. The maximum Gasteiger partial charge on any atom is 0.141 e. The van der Waals surface area contributed by atoms with Crippen molar-refractivity contribution < 1.29 is 4.39 Å². The number of aromatic nitrogens is 1. The second kappa shape index (κ2) is 4.59. The van der Waals surface area contributed by atoms with Gasteiger partial charge in [-0.15, -0.1) is 0 Å². The minimum Gasteiger partial charge on any atom is -0.397 e. The summed E-state index contributed by atoms with van der Waals surface area (Å²) < 4.78 is 15.2. The molecule has 0 fully saturated rings. The van der Waals surface area contributed by atoms with Crippen LogP contribution in [0.15, 0.2) is 48.7 Å². The Hall–Kier alpha value is -2.00. The molecule has 0 radical (unpaired) electrons. The number of nitrogens with two attached hydrogens (primary N) is 1.